The Morgan fingerprint density at radius 2 is 2.10 bits per heavy atom. The van der Waals surface area contributed by atoms with Gasteiger partial charge in [0.05, 0.1) is 22.2 Å². The summed E-state index contributed by atoms with van der Waals surface area (Å²) in [6, 6.07) is 8.25. The number of pyridine rings is 1. The maximum atomic E-state index is 11.0. The highest BCUT2D eigenvalue weighted by molar-refractivity contribution is 6.32. The molecular weight excluding hydrogens is 278 g/mol. The number of halogens is 1. The summed E-state index contributed by atoms with van der Waals surface area (Å²) in [5.41, 5.74) is 2.32. The van der Waals surface area contributed by atoms with Crippen LogP contribution in [0.4, 0.5) is 11.4 Å². The van der Waals surface area contributed by atoms with Gasteiger partial charge in [0.25, 0.3) is 5.69 Å². The fourth-order valence-electron chi connectivity index (χ4n) is 1.98. The van der Waals surface area contributed by atoms with Crippen molar-refractivity contribution in [2.45, 2.75) is 19.9 Å². The number of nitrogens with one attached hydrogen (secondary N) is 1. The lowest BCUT2D eigenvalue weighted by molar-refractivity contribution is -0.385. The van der Waals surface area contributed by atoms with Gasteiger partial charge in [-0.1, -0.05) is 29.8 Å². The topological polar surface area (TPSA) is 68.1 Å². The number of hydrogen-bond acceptors (Lipinski definition) is 4. The highest BCUT2D eigenvalue weighted by atomic mass is 35.5. The van der Waals surface area contributed by atoms with Crippen molar-refractivity contribution in [2.24, 2.45) is 0 Å². The average Bonchev–Trinajstić information content (AvgIpc) is 2.42. The number of anilines is 1. The first-order valence-electron chi connectivity index (χ1n) is 6.11. The van der Waals surface area contributed by atoms with Crippen molar-refractivity contribution in [3.8, 4) is 0 Å². The van der Waals surface area contributed by atoms with E-state index in [9.17, 15) is 10.1 Å². The van der Waals surface area contributed by atoms with Gasteiger partial charge in [0, 0.05) is 12.3 Å². The molecule has 0 bridgehead atoms. The van der Waals surface area contributed by atoms with E-state index in [0.717, 1.165) is 5.56 Å². The molecular formula is C14H14ClN3O2. The molecule has 1 N–H and O–H groups in total. The molecule has 20 heavy (non-hydrogen) atoms. The first kappa shape index (κ1) is 14.3. The standard InChI is InChI=1S/C14H14ClN3O2/c1-9-7-12(14(15)16-8-9)17-10(2)11-5-3-4-6-13(11)18(19)20/h3-8,10,17H,1-2H3. The summed E-state index contributed by atoms with van der Waals surface area (Å²) in [4.78, 5) is 14.7. The summed E-state index contributed by atoms with van der Waals surface area (Å²) in [7, 11) is 0. The van der Waals surface area contributed by atoms with Crippen molar-refractivity contribution >= 4 is 23.0 Å². The summed E-state index contributed by atoms with van der Waals surface area (Å²) in [6.45, 7) is 3.76. The van der Waals surface area contributed by atoms with E-state index in [0.29, 0.717) is 16.4 Å². The Hall–Kier alpha value is -2.14. The minimum atomic E-state index is -0.385. The molecule has 2 aromatic rings. The van der Waals surface area contributed by atoms with Crippen molar-refractivity contribution in [1.82, 2.24) is 4.98 Å². The largest absolute Gasteiger partial charge is 0.376 e. The first-order valence-corrected chi connectivity index (χ1v) is 6.49. The van der Waals surface area contributed by atoms with Crippen molar-refractivity contribution in [2.75, 3.05) is 5.32 Å². The Morgan fingerprint density at radius 3 is 2.80 bits per heavy atom. The molecule has 0 spiro atoms. The lowest BCUT2D eigenvalue weighted by Gasteiger charge is -2.16. The van der Waals surface area contributed by atoms with Crippen LogP contribution in [0.5, 0.6) is 0 Å². The zero-order valence-corrected chi connectivity index (χ0v) is 11.9. The summed E-state index contributed by atoms with van der Waals surface area (Å²) in [5, 5.41) is 14.6. The lowest BCUT2D eigenvalue weighted by Crippen LogP contribution is -2.09. The Balaban J connectivity index is 2.31. The van der Waals surface area contributed by atoms with E-state index >= 15 is 0 Å². The zero-order valence-electron chi connectivity index (χ0n) is 11.1. The number of aryl methyl sites for hydroxylation is 1. The third-order valence-electron chi connectivity index (χ3n) is 2.95. The number of para-hydroxylation sites is 1. The Labute approximate surface area is 121 Å². The van der Waals surface area contributed by atoms with E-state index in [1.165, 1.54) is 6.07 Å². The van der Waals surface area contributed by atoms with Gasteiger partial charge in [-0.15, -0.1) is 0 Å². The zero-order chi connectivity index (χ0) is 14.7. The van der Waals surface area contributed by atoms with E-state index in [1.54, 1.807) is 24.4 Å². The molecule has 104 valence electrons. The van der Waals surface area contributed by atoms with Gasteiger partial charge >= 0.3 is 0 Å². The molecule has 1 aromatic heterocycles. The van der Waals surface area contributed by atoms with Gasteiger partial charge in [0.15, 0.2) is 5.15 Å². The maximum absolute atomic E-state index is 11.0. The van der Waals surface area contributed by atoms with Crippen LogP contribution >= 0.6 is 11.6 Å². The predicted molar refractivity (Wildman–Crippen MR) is 79.1 cm³/mol. The summed E-state index contributed by atoms with van der Waals surface area (Å²) in [6.07, 6.45) is 1.67. The predicted octanol–water partition coefficient (Wildman–Crippen LogP) is 4.12. The summed E-state index contributed by atoms with van der Waals surface area (Å²) >= 11 is 6.02. The summed E-state index contributed by atoms with van der Waals surface area (Å²) < 4.78 is 0. The smallest absolute Gasteiger partial charge is 0.274 e. The second-order valence-corrected chi connectivity index (χ2v) is 4.89. The molecule has 0 aliphatic rings. The van der Waals surface area contributed by atoms with Crippen molar-refractivity contribution in [1.29, 1.82) is 0 Å². The summed E-state index contributed by atoms with van der Waals surface area (Å²) in [5.74, 6) is 0. The normalized spacial score (nSPS) is 11.9. The second-order valence-electron chi connectivity index (χ2n) is 4.53. The monoisotopic (exact) mass is 291 g/mol. The van der Waals surface area contributed by atoms with Gasteiger partial charge in [-0.2, -0.15) is 0 Å². The lowest BCUT2D eigenvalue weighted by atomic mass is 10.1. The highest BCUT2D eigenvalue weighted by Gasteiger charge is 2.18. The van der Waals surface area contributed by atoms with Gasteiger partial charge < -0.3 is 5.32 Å². The SMILES string of the molecule is Cc1cnc(Cl)c(NC(C)c2ccccc2[N+](=O)[O-])c1. The number of nitro groups is 1. The fourth-order valence-corrected chi connectivity index (χ4v) is 2.14. The van der Waals surface area contributed by atoms with Crippen LogP contribution < -0.4 is 5.32 Å². The number of aromatic nitrogens is 1. The number of hydrogen-bond donors (Lipinski definition) is 1. The van der Waals surface area contributed by atoms with Crippen LogP contribution in [0.25, 0.3) is 0 Å². The van der Waals surface area contributed by atoms with Gasteiger partial charge in [-0.25, -0.2) is 4.98 Å². The minimum Gasteiger partial charge on any atom is -0.376 e. The molecule has 2 rings (SSSR count). The number of rotatable bonds is 4. The van der Waals surface area contributed by atoms with Gasteiger partial charge in [-0.3, -0.25) is 10.1 Å². The molecule has 0 saturated carbocycles. The van der Waals surface area contributed by atoms with Crippen LogP contribution in [-0.4, -0.2) is 9.91 Å². The molecule has 0 aliphatic heterocycles. The number of nitrogens with zero attached hydrogens (tertiary/aromatic N) is 2. The molecule has 1 unspecified atom stereocenters. The average molecular weight is 292 g/mol. The van der Waals surface area contributed by atoms with Crippen molar-refractivity contribution in [3.05, 3.63) is 62.9 Å². The Bertz CT molecular complexity index is 646. The van der Waals surface area contributed by atoms with Crippen molar-refractivity contribution in [3.63, 3.8) is 0 Å². The van der Waals surface area contributed by atoms with Crippen LogP contribution in [-0.2, 0) is 0 Å². The van der Waals surface area contributed by atoms with E-state index in [-0.39, 0.29) is 16.7 Å². The second kappa shape index (κ2) is 5.88. The van der Waals surface area contributed by atoms with Crippen LogP contribution in [0.2, 0.25) is 5.15 Å². The molecule has 1 heterocycles. The van der Waals surface area contributed by atoms with Crippen LogP contribution in [0.1, 0.15) is 24.1 Å². The van der Waals surface area contributed by atoms with E-state index in [4.69, 9.17) is 11.6 Å². The number of benzene rings is 1. The third-order valence-corrected chi connectivity index (χ3v) is 3.25. The van der Waals surface area contributed by atoms with Crippen LogP contribution in [0.3, 0.4) is 0 Å². The molecule has 0 amide bonds. The minimum absolute atomic E-state index is 0.0873. The molecule has 0 fully saturated rings. The fraction of sp³-hybridized carbons (Fsp3) is 0.214. The van der Waals surface area contributed by atoms with Crippen LogP contribution in [0, 0.1) is 17.0 Å². The Kier molecular flexibility index (Phi) is 4.20. The quantitative estimate of drug-likeness (QED) is 0.522. The molecule has 1 atom stereocenters. The van der Waals surface area contributed by atoms with Crippen LogP contribution in [0.15, 0.2) is 36.5 Å². The molecule has 5 nitrogen and oxygen atoms in total. The maximum Gasteiger partial charge on any atom is 0.274 e. The molecule has 0 radical (unpaired) electrons. The third kappa shape index (κ3) is 3.05. The highest BCUT2D eigenvalue weighted by Crippen LogP contribution is 2.29. The van der Waals surface area contributed by atoms with Gasteiger partial charge in [-0.05, 0) is 25.5 Å². The van der Waals surface area contributed by atoms with Crippen molar-refractivity contribution < 1.29 is 4.92 Å². The van der Waals surface area contributed by atoms with E-state index in [2.05, 4.69) is 10.3 Å². The number of nitro benzene ring substituents is 1. The first-order chi connectivity index (χ1) is 9.49. The molecule has 0 aliphatic carbocycles. The van der Waals surface area contributed by atoms with E-state index < -0.39 is 0 Å². The van der Waals surface area contributed by atoms with Gasteiger partial charge in [0.2, 0.25) is 0 Å². The molecule has 6 heteroatoms. The Morgan fingerprint density at radius 1 is 1.40 bits per heavy atom. The molecule has 0 saturated heterocycles. The van der Waals surface area contributed by atoms with Gasteiger partial charge in [0.1, 0.15) is 0 Å². The van der Waals surface area contributed by atoms with E-state index in [1.807, 2.05) is 19.9 Å². The molecule has 1 aromatic carbocycles.